The molecule has 0 radical (unpaired) electrons. The lowest BCUT2D eigenvalue weighted by Crippen LogP contribution is -2.43. The molecule has 0 rings (SSSR count). The molecule has 0 atom stereocenters. The van der Waals surface area contributed by atoms with Gasteiger partial charge in [-0.2, -0.15) is 0 Å². The molecule has 0 fully saturated rings. The molecule has 0 aromatic carbocycles. The minimum atomic E-state index is -1.20. The molecule has 0 bridgehead atoms. The van der Waals surface area contributed by atoms with Crippen LogP contribution in [0.25, 0.3) is 0 Å². The number of hydrogen-bond donors (Lipinski definition) is 0. The van der Waals surface area contributed by atoms with Crippen LogP contribution in [-0.4, -0.2) is 21.2 Å². The van der Waals surface area contributed by atoms with Crippen molar-refractivity contribution < 1.29 is 0 Å². The van der Waals surface area contributed by atoms with E-state index in [-0.39, 0.29) is 0 Å². The van der Waals surface area contributed by atoms with E-state index in [9.17, 15) is 0 Å². The molecular weight excluding hydrogens is 208 g/mol. The molecule has 0 aliphatic rings. The summed E-state index contributed by atoms with van der Waals surface area (Å²) in [4.78, 5) is 1.57. The predicted molar refractivity (Wildman–Crippen MR) is 72.0 cm³/mol. The molecule has 0 saturated carbocycles. The second-order valence-corrected chi connectivity index (χ2v) is 15.6. The van der Waals surface area contributed by atoms with Crippen molar-refractivity contribution >= 4 is 33.4 Å². The maximum absolute atomic E-state index is 5.08. The normalized spacial score (nSPS) is 12.5. The predicted octanol–water partition coefficient (Wildman–Crippen LogP) is 4.05. The zero-order chi connectivity index (χ0) is 10.7. The van der Waals surface area contributed by atoms with Crippen molar-refractivity contribution in [2.75, 3.05) is 0 Å². The maximum atomic E-state index is 5.08. The van der Waals surface area contributed by atoms with Crippen molar-refractivity contribution in [2.45, 2.75) is 52.1 Å². The van der Waals surface area contributed by atoms with E-state index < -0.39 is 16.1 Å². The largest absolute Gasteiger partial charge is 0.0812 e. The van der Waals surface area contributed by atoms with Gasteiger partial charge < -0.3 is 0 Å². The second-order valence-electron chi connectivity index (χ2n) is 4.95. The molecule has 76 valence electrons. The Morgan fingerprint density at radius 3 is 1.46 bits per heavy atom. The minimum Gasteiger partial charge on any atom is -0.0675 e. The highest BCUT2D eigenvalue weighted by Crippen LogP contribution is 2.28. The topological polar surface area (TPSA) is 0 Å². The molecule has 0 aliphatic heterocycles. The molecule has 0 unspecified atom stereocenters. The molecule has 0 aromatic heterocycles. The van der Waals surface area contributed by atoms with Gasteiger partial charge in [-0.1, -0.05) is 57.1 Å². The number of thiocarbonyl (C=S) groups is 1. The van der Waals surface area contributed by atoms with Crippen LogP contribution in [0.15, 0.2) is 4.82 Å². The highest BCUT2D eigenvalue weighted by atomic mass is 32.1. The summed E-state index contributed by atoms with van der Waals surface area (Å²) in [6.45, 7) is 14.3. The fourth-order valence-corrected chi connectivity index (χ4v) is 12.9. The van der Waals surface area contributed by atoms with Crippen molar-refractivity contribution in [2.24, 2.45) is 0 Å². The fourth-order valence-electron chi connectivity index (χ4n) is 1.55. The van der Waals surface area contributed by atoms with Crippen molar-refractivity contribution in [3.63, 3.8) is 0 Å². The first-order valence-corrected chi connectivity index (χ1v) is 11.9. The monoisotopic (exact) mass is 230 g/mol. The van der Waals surface area contributed by atoms with Gasteiger partial charge in [-0.15, -0.1) is 0 Å². The van der Waals surface area contributed by atoms with Crippen molar-refractivity contribution in [3.05, 3.63) is 4.82 Å². The third-order valence-electron chi connectivity index (χ3n) is 3.22. The van der Waals surface area contributed by atoms with Gasteiger partial charge >= 0.3 is 0 Å². The van der Waals surface area contributed by atoms with Gasteiger partial charge in [0.15, 0.2) is 0 Å². The highest BCUT2D eigenvalue weighted by molar-refractivity contribution is 7.78. The molecule has 0 N–H and O–H groups in total. The van der Waals surface area contributed by atoms with Crippen LogP contribution in [0.5, 0.6) is 0 Å². The van der Waals surface area contributed by atoms with Crippen molar-refractivity contribution in [1.29, 1.82) is 0 Å². The average Bonchev–Trinajstić information content (AvgIpc) is 2.05. The van der Waals surface area contributed by atoms with Crippen LogP contribution in [0, 0.1) is 0 Å². The van der Waals surface area contributed by atoms with Crippen molar-refractivity contribution in [3.8, 4) is 0 Å². The standard InChI is InChI=1S/C10H22SSi2/c1-7-12(3,4)10(9-11)13(5,6)8-2/h7-8H2,1-6H3. The summed E-state index contributed by atoms with van der Waals surface area (Å²) < 4.78 is 0. The lowest BCUT2D eigenvalue weighted by molar-refractivity contribution is 1.33. The van der Waals surface area contributed by atoms with Gasteiger partial charge in [-0.3, -0.25) is 0 Å². The summed E-state index contributed by atoms with van der Waals surface area (Å²) in [6, 6.07) is 2.59. The molecular formula is C10H22SSi2. The Labute approximate surface area is 90.5 Å². The zero-order valence-electron chi connectivity index (χ0n) is 9.82. The first kappa shape index (κ1) is 13.3. The highest BCUT2D eigenvalue weighted by Gasteiger charge is 2.35. The molecule has 0 aliphatic carbocycles. The average molecular weight is 231 g/mol. The SMILES string of the molecule is CC[Si](C)(C)C(=C=S)[Si](C)(C)CC. The van der Waals surface area contributed by atoms with Crippen molar-refractivity contribution in [1.82, 2.24) is 0 Å². The summed E-state index contributed by atoms with van der Waals surface area (Å²) in [7, 11) is -2.40. The van der Waals surface area contributed by atoms with Crippen LogP contribution in [0.2, 0.25) is 38.3 Å². The summed E-state index contributed by atoms with van der Waals surface area (Å²) >= 11 is 5.08. The molecule has 0 amide bonds. The van der Waals surface area contributed by atoms with E-state index >= 15 is 0 Å². The number of rotatable bonds is 4. The molecule has 0 aromatic rings. The van der Waals surface area contributed by atoms with E-state index in [1.807, 2.05) is 0 Å². The van der Waals surface area contributed by atoms with E-state index in [1.165, 1.54) is 12.1 Å². The van der Waals surface area contributed by atoms with Crippen LogP contribution in [0.1, 0.15) is 13.8 Å². The molecule has 0 heterocycles. The minimum absolute atomic E-state index is 1.20. The van der Waals surface area contributed by atoms with Gasteiger partial charge in [0.25, 0.3) is 0 Å². The maximum Gasteiger partial charge on any atom is 0.0812 e. The third-order valence-corrected chi connectivity index (χ3v) is 14.3. The van der Waals surface area contributed by atoms with Gasteiger partial charge in [-0.05, 0) is 17.0 Å². The smallest absolute Gasteiger partial charge is 0.0675 e. The summed E-state index contributed by atoms with van der Waals surface area (Å²) in [5.41, 5.74) is 0. The quantitative estimate of drug-likeness (QED) is 0.519. The van der Waals surface area contributed by atoms with Crippen LogP contribution in [0.3, 0.4) is 0 Å². The first-order chi connectivity index (χ1) is 5.81. The fraction of sp³-hybridized carbons (Fsp3) is 0.800. The lowest BCUT2D eigenvalue weighted by atomic mass is 11.0. The van der Waals surface area contributed by atoms with E-state index in [2.05, 4.69) is 45.1 Å². The van der Waals surface area contributed by atoms with Gasteiger partial charge in [0.1, 0.15) is 0 Å². The molecule has 0 saturated heterocycles. The lowest BCUT2D eigenvalue weighted by Gasteiger charge is -2.33. The zero-order valence-corrected chi connectivity index (χ0v) is 12.6. The number of hydrogen-bond acceptors (Lipinski definition) is 1. The Hall–Kier alpha value is 0.304. The summed E-state index contributed by atoms with van der Waals surface area (Å²) in [5, 5.41) is 3.11. The van der Waals surface area contributed by atoms with Crippen LogP contribution in [-0.2, 0) is 0 Å². The first-order valence-electron chi connectivity index (χ1n) is 5.08. The van der Waals surface area contributed by atoms with Crippen LogP contribution < -0.4 is 0 Å². The molecule has 3 heteroatoms. The summed E-state index contributed by atoms with van der Waals surface area (Å²) in [5.74, 6) is 0. The Kier molecular flexibility index (Phi) is 4.80. The van der Waals surface area contributed by atoms with Crippen LogP contribution >= 0.6 is 12.2 Å². The Balaban J connectivity index is 5.06. The van der Waals surface area contributed by atoms with E-state index in [4.69, 9.17) is 12.2 Å². The van der Waals surface area contributed by atoms with Gasteiger partial charge in [0.2, 0.25) is 0 Å². The summed E-state index contributed by atoms with van der Waals surface area (Å²) in [6.07, 6.45) is 0. The molecule has 13 heavy (non-hydrogen) atoms. The van der Waals surface area contributed by atoms with Gasteiger partial charge in [-0.25, -0.2) is 0 Å². The Bertz CT molecular complexity index is 207. The Morgan fingerprint density at radius 2 is 1.31 bits per heavy atom. The molecule has 0 nitrogen and oxygen atoms in total. The Morgan fingerprint density at radius 1 is 1.00 bits per heavy atom. The van der Waals surface area contributed by atoms with E-state index in [0.717, 1.165) is 0 Å². The van der Waals surface area contributed by atoms with Gasteiger partial charge in [0, 0.05) is 0 Å². The van der Waals surface area contributed by atoms with E-state index in [0.29, 0.717) is 0 Å². The second kappa shape index (κ2) is 4.69. The van der Waals surface area contributed by atoms with Gasteiger partial charge in [0.05, 0.1) is 16.1 Å². The van der Waals surface area contributed by atoms with Crippen LogP contribution in [0.4, 0.5) is 0 Å². The molecule has 0 spiro atoms. The van der Waals surface area contributed by atoms with E-state index in [1.54, 1.807) is 4.82 Å². The third kappa shape index (κ3) is 3.17.